The van der Waals surface area contributed by atoms with Crippen molar-refractivity contribution in [3.8, 4) is 0 Å². The van der Waals surface area contributed by atoms with Crippen LogP contribution in [0.25, 0.3) is 0 Å². The molecule has 14 heavy (non-hydrogen) atoms. The van der Waals surface area contributed by atoms with Crippen LogP contribution >= 0.6 is 27.3 Å². The maximum Gasteiger partial charge on any atom is 0.176 e. The van der Waals surface area contributed by atoms with Crippen molar-refractivity contribution in [1.29, 1.82) is 0 Å². The van der Waals surface area contributed by atoms with Crippen LogP contribution in [-0.2, 0) is 4.74 Å². The summed E-state index contributed by atoms with van der Waals surface area (Å²) in [6, 6.07) is 1.90. The lowest BCUT2D eigenvalue weighted by Gasteiger charge is -2.08. The minimum absolute atomic E-state index is 0.0323. The quantitative estimate of drug-likeness (QED) is 0.771. The lowest BCUT2D eigenvalue weighted by atomic mass is 10.0. The van der Waals surface area contributed by atoms with Gasteiger partial charge >= 0.3 is 0 Å². The Kier molecular flexibility index (Phi) is 4.78. The molecular formula is C10H13BrO2S. The van der Waals surface area contributed by atoms with Gasteiger partial charge in [-0.3, -0.25) is 4.79 Å². The maximum absolute atomic E-state index is 11.9. The Labute approximate surface area is 96.4 Å². The summed E-state index contributed by atoms with van der Waals surface area (Å²) in [7, 11) is 1.65. The van der Waals surface area contributed by atoms with Crippen molar-refractivity contribution < 1.29 is 9.53 Å². The summed E-state index contributed by atoms with van der Waals surface area (Å²) in [5.41, 5.74) is 0. The topological polar surface area (TPSA) is 26.3 Å². The van der Waals surface area contributed by atoms with Crippen molar-refractivity contribution in [2.75, 3.05) is 13.7 Å². The molecule has 1 unspecified atom stereocenters. The maximum atomic E-state index is 11.9. The third-order valence-electron chi connectivity index (χ3n) is 2.04. The fourth-order valence-corrected chi connectivity index (χ4v) is 2.74. The largest absolute Gasteiger partial charge is 0.385 e. The van der Waals surface area contributed by atoms with Crippen LogP contribution in [0.4, 0.5) is 0 Å². The first-order valence-electron chi connectivity index (χ1n) is 4.43. The zero-order valence-corrected chi connectivity index (χ0v) is 10.7. The Hall–Kier alpha value is -0.190. The van der Waals surface area contributed by atoms with E-state index in [1.54, 1.807) is 7.11 Å². The zero-order chi connectivity index (χ0) is 10.6. The Morgan fingerprint density at radius 3 is 2.93 bits per heavy atom. The highest BCUT2D eigenvalue weighted by atomic mass is 79.9. The van der Waals surface area contributed by atoms with Crippen molar-refractivity contribution >= 4 is 33.0 Å². The molecule has 0 spiro atoms. The van der Waals surface area contributed by atoms with Gasteiger partial charge in [-0.1, -0.05) is 6.92 Å². The Bertz CT molecular complexity index is 309. The zero-order valence-electron chi connectivity index (χ0n) is 8.25. The summed E-state index contributed by atoms with van der Waals surface area (Å²) < 4.78 is 5.85. The van der Waals surface area contributed by atoms with Crippen LogP contribution in [0, 0.1) is 5.92 Å². The lowest BCUT2D eigenvalue weighted by Crippen LogP contribution is -2.12. The molecule has 1 aromatic heterocycles. The van der Waals surface area contributed by atoms with Crippen molar-refractivity contribution in [3.05, 3.63) is 20.8 Å². The van der Waals surface area contributed by atoms with E-state index in [0.717, 1.165) is 15.8 Å². The van der Waals surface area contributed by atoms with Crippen LogP contribution in [0.2, 0.25) is 0 Å². The number of carbonyl (C=O) groups is 1. The van der Waals surface area contributed by atoms with Crippen LogP contribution in [0.1, 0.15) is 23.0 Å². The summed E-state index contributed by atoms with van der Waals surface area (Å²) in [6.07, 6.45) is 0.777. The second kappa shape index (κ2) is 5.63. The summed E-state index contributed by atoms with van der Waals surface area (Å²) in [5, 5.41) is 1.92. The molecule has 0 aliphatic carbocycles. The molecular weight excluding hydrogens is 264 g/mol. The minimum Gasteiger partial charge on any atom is -0.385 e. The van der Waals surface area contributed by atoms with Gasteiger partial charge in [0.25, 0.3) is 0 Å². The van der Waals surface area contributed by atoms with Gasteiger partial charge in [-0.25, -0.2) is 0 Å². The van der Waals surface area contributed by atoms with Gasteiger partial charge in [0.1, 0.15) is 0 Å². The van der Waals surface area contributed by atoms with E-state index < -0.39 is 0 Å². The minimum atomic E-state index is 0.0323. The van der Waals surface area contributed by atoms with Gasteiger partial charge in [0.15, 0.2) is 5.78 Å². The molecule has 0 saturated heterocycles. The molecule has 1 heterocycles. The first-order valence-corrected chi connectivity index (χ1v) is 6.10. The van der Waals surface area contributed by atoms with Crippen LogP contribution < -0.4 is 0 Å². The van der Waals surface area contributed by atoms with Gasteiger partial charge < -0.3 is 4.74 Å². The standard InChI is InChI=1S/C10H13BrO2S/c1-7(3-5-13-2)9(12)10-8(11)4-6-14-10/h4,6-7H,3,5H2,1-2H3. The van der Waals surface area contributed by atoms with E-state index in [4.69, 9.17) is 4.74 Å². The van der Waals surface area contributed by atoms with Gasteiger partial charge in [-0.05, 0) is 33.8 Å². The van der Waals surface area contributed by atoms with Crippen LogP contribution in [-0.4, -0.2) is 19.5 Å². The van der Waals surface area contributed by atoms with E-state index in [2.05, 4.69) is 15.9 Å². The molecule has 0 N–H and O–H groups in total. The van der Waals surface area contributed by atoms with Gasteiger partial charge in [0.2, 0.25) is 0 Å². The monoisotopic (exact) mass is 276 g/mol. The van der Waals surface area contributed by atoms with E-state index in [0.29, 0.717) is 6.61 Å². The van der Waals surface area contributed by atoms with Crippen LogP contribution in [0.3, 0.4) is 0 Å². The van der Waals surface area contributed by atoms with Gasteiger partial charge in [-0.2, -0.15) is 0 Å². The molecule has 0 aliphatic rings. The smallest absolute Gasteiger partial charge is 0.176 e. The fourth-order valence-electron chi connectivity index (χ4n) is 1.12. The number of carbonyl (C=O) groups excluding carboxylic acids is 1. The third kappa shape index (κ3) is 2.90. The van der Waals surface area contributed by atoms with Crippen molar-refractivity contribution in [3.63, 3.8) is 0 Å². The number of thiophene rings is 1. The number of Topliss-reactive ketones (excluding diaryl/α,β-unsaturated/α-hetero) is 1. The Morgan fingerprint density at radius 1 is 1.71 bits per heavy atom. The summed E-state index contributed by atoms with van der Waals surface area (Å²) in [6.45, 7) is 2.57. The molecule has 1 atom stereocenters. The number of methoxy groups -OCH3 is 1. The highest BCUT2D eigenvalue weighted by molar-refractivity contribution is 9.10. The highest BCUT2D eigenvalue weighted by Gasteiger charge is 2.18. The third-order valence-corrected chi connectivity index (χ3v) is 3.90. The molecule has 78 valence electrons. The molecule has 0 bridgehead atoms. The average Bonchev–Trinajstić information content (AvgIpc) is 2.59. The molecule has 4 heteroatoms. The molecule has 1 rings (SSSR count). The molecule has 0 radical (unpaired) electrons. The Morgan fingerprint density at radius 2 is 2.43 bits per heavy atom. The summed E-state index contributed by atoms with van der Waals surface area (Å²) >= 11 is 4.84. The summed E-state index contributed by atoms with van der Waals surface area (Å²) in [4.78, 5) is 12.7. The highest BCUT2D eigenvalue weighted by Crippen LogP contribution is 2.26. The van der Waals surface area contributed by atoms with Gasteiger partial charge in [0.05, 0.1) is 4.88 Å². The molecule has 0 fully saturated rings. The van der Waals surface area contributed by atoms with Crippen molar-refractivity contribution in [1.82, 2.24) is 0 Å². The second-order valence-electron chi connectivity index (χ2n) is 3.14. The first kappa shape index (κ1) is 11.9. The number of rotatable bonds is 5. The number of hydrogen-bond donors (Lipinski definition) is 0. The molecule has 2 nitrogen and oxygen atoms in total. The number of halogens is 1. The second-order valence-corrected chi connectivity index (χ2v) is 4.91. The molecule has 1 aromatic rings. The summed E-state index contributed by atoms with van der Waals surface area (Å²) in [5.74, 6) is 0.230. The molecule has 0 aromatic carbocycles. The normalized spacial score (nSPS) is 12.8. The average molecular weight is 277 g/mol. The van der Waals surface area contributed by atoms with Crippen molar-refractivity contribution in [2.45, 2.75) is 13.3 Å². The van der Waals surface area contributed by atoms with E-state index in [1.807, 2.05) is 18.4 Å². The van der Waals surface area contributed by atoms with E-state index in [1.165, 1.54) is 11.3 Å². The predicted molar refractivity (Wildman–Crippen MR) is 62.0 cm³/mol. The molecule has 0 saturated carbocycles. The number of ether oxygens (including phenoxy) is 1. The van der Waals surface area contributed by atoms with Crippen molar-refractivity contribution in [2.24, 2.45) is 5.92 Å². The van der Waals surface area contributed by atoms with E-state index >= 15 is 0 Å². The fraction of sp³-hybridized carbons (Fsp3) is 0.500. The lowest BCUT2D eigenvalue weighted by molar-refractivity contribution is 0.0897. The Balaban J connectivity index is 2.61. The molecule has 0 aliphatic heterocycles. The number of ketones is 1. The SMILES string of the molecule is COCCC(C)C(=O)c1sccc1Br. The predicted octanol–water partition coefficient (Wildman–Crippen LogP) is 3.37. The van der Waals surface area contributed by atoms with E-state index in [9.17, 15) is 4.79 Å². The van der Waals surface area contributed by atoms with E-state index in [-0.39, 0.29) is 11.7 Å². The van der Waals surface area contributed by atoms with Gasteiger partial charge in [0, 0.05) is 24.1 Å². The number of hydrogen-bond acceptors (Lipinski definition) is 3. The van der Waals surface area contributed by atoms with Crippen LogP contribution in [0.15, 0.2) is 15.9 Å². The van der Waals surface area contributed by atoms with Crippen LogP contribution in [0.5, 0.6) is 0 Å². The van der Waals surface area contributed by atoms with Gasteiger partial charge in [-0.15, -0.1) is 11.3 Å². The molecule has 0 amide bonds. The first-order chi connectivity index (χ1) is 6.66.